The van der Waals surface area contributed by atoms with Gasteiger partial charge in [-0.15, -0.1) is 0 Å². The third-order valence-corrected chi connectivity index (χ3v) is 6.00. The molecule has 1 saturated carbocycles. The monoisotopic (exact) mass is 339 g/mol. The lowest BCUT2D eigenvalue weighted by molar-refractivity contribution is 0.0921. The first-order valence-corrected chi connectivity index (χ1v) is 9.70. The van der Waals surface area contributed by atoms with Crippen LogP contribution in [0.2, 0.25) is 0 Å². The molecule has 2 rings (SSSR count). The van der Waals surface area contributed by atoms with Gasteiger partial charge in [-0.2, -0.15) is 0 Å². The molecule has 2 atom stereocenters. The van der Waals surface area contributed by atoms with E-state index in [2.05, 4.69) is 12.2 Å². The molecule has 23 heavy (non-hydrogen) atoms. The Hall–Kier alpha value is -1.40. The predicted molar refractivity (Wildman–Crippen MR) is 89.3 cm³/mol. The highest BCUT2D eigenvalue weighted by molar-refractivity contribution is 7.91. The van der Waals surface area contributed by atoms with Crippen molar-refractivity contribution in [1.82, 2.24) is 5.32 Å². The van der Waals surface area contributed by atoms with E-state index in [1.807, 2.05) is 0 Å². The molecule has 1 aromatic carbocycles. The van der Waals surface area contributed by atoms with Gasteiger partial charge in [-0.25, -0.2) is 8.42 Å². The summed E-state index contributed by atoms with van der Waals surface area (Å²) in [4.78, 5) is 12.5. The molecule has 0 radical (unpaired) electrons. The summed E-state index contributed by atoms with van der Waals surface area (Å²) in [6.45, 7) is 2.36. The Labute approximate surface area is 138 Å². The number of hydrogen-bond acceptors (Lipinski definition) is 4. The third kappa shape index (κ3) is 5.04. The van der Waals surface area contributed by atoms with Gasteiger partial charge >= 0.3 is 0 Å². The zero-order valence-electron chi connectivity index (χ0n) is 13.7. The number of sulfone groups is 1. The topological polar surface area (TPSA) is 72.5 Å². The van der Waals surface area contributed by atoms with Crippen LogP contribution < -0.4 is 5.32 Å². The van der Waals surface area contributed by atoms with Crippen LogP contribution >= 0.6 is 0 Å². The Kier molecular flexibility index (Phi) is 6.18. The number of nitrogens with one attached hydrogen (secondary N) is 1. The van der Waals surface area contributed by atoms with E-state index < -0.39 is 9.84 Å². The lowest BCUT2D eigenvalue weighted by Crippen LogP contribution is -2.37. The molecule has 0 unspecified atom stereocenters. The van der Waals surface area contributed by atoms with Gasteiger partial charge in [-0.3, -0.25) is 4.79 Å². The minimum atomic E-state index is -3.36. The van der Waals surface area contributed by atoms with Gasteiger partial charge in [0.15, 0.2) is 9.84 Å². The molecule has 0 spiro atoms. The van der Waals surface area contributed by atoms with E-state index in [4.69, 9.17) is 4.74 Å². The SMILES string of the molecule is COCCS(=O)(=O)c1ccc(C(=O)N[C@H]2CCC[C@@H](C)C2)cc1. The molecule has 0 aliphatic heterocycles. The minimum absolute atomic E-state index is 0.0605. The maximum atomic E-state index is 12.3. The lowest BCUT2D eigenvalue weighted by atomic mass is 9.87. The van der Waals surface area contributed by atoms with Crippen molar-refractivity contribution in [3.8, 4) is 0 Å². The molecule has 1 aliphatic rings. The van der Waals surface area contributed by atoms with Crippen LogP contribution in [0.1, 0.15) is 43.0 Å². The highest BCUT2D eigenvalue weighted by Crippen LogP contribution is 2.23. The number of benzene rings is 1. The summed E-state index contributed by atoms with van der Waals surface area (Å²) < 4.78 is 28.9. The number of carbonyl (C=O) groups is 1. The maximum Gasteiger partial charge on any atom is 0.251 e. The molecular weight excluding hydrogens is 314 g/mol. The van der Waals surface area contributed by atoms with E-state index in [-0.39, 0.29) is 29.2 Å². The van der Waals surface area contributed by atoms with E-state index in [1.54, 1.807) is 12.1 Å². The highest BCUT2D eigenvalue weighted by Gasteiger charge is 2.21. The standard InChI is InChI=1S/C17H25NO4S/c1-13-4-3-5-15(12-13)18-17(19)14-6-8-16(9-7-14)23(20,21)11-10-22-2/h6-9,13,15H,3-5,10-12H2,1-2H3,(H,18,19)/t13-,15+/m1/s1. The molecule has 0 heterocycles. The normalized spacial score (nSPS) is 21.8. The van der Waals surface area contributed by atoms with Crippen LogP contribution in [0.5, 0.6) is 0 Å². The molecule has 1 aromatic rings. The first-order chi connectivity index (χ1) is 10.9. The molecule has 0 aromatic heterocycles. The Bertz CT molecular complexity index is 624. The van der Waals surface area contributed by atoms with Gasteiger partial charge in [-0.05, 0) is 43.0 Å². The Morgan fingerprint density at radius 2 is 1.96 bits per heavy atom. The first kappa shape index (κ1) is 17.9. The van der Waals surface area contributed by atoms with Gasteiger partial charge in [0.05, 0.1) is 17.3 Å². The molecule has 0 bridgehead atoms. The summed E-state index contributed by atoms with van der Waals surface area (Å²) in [6.07, 6.45) is 4.39. The number of rotatable bonds is 6. The maximum absolute atomic E-state index is 12.3. The van der Waals surface area contributed by atoms with Crippen molar-refractivity contribution in [2.24, 2.45) is 5.92 Å². The summed E-state index contributed by atoms with van der Waals surface area (Å²) in [5.41, 5.74) is 0.494. The molecule has 6 heteroatoms. The second-order valence-electron chi connectivity index (χ2n) is 6.28. The zero-order chi connectivity index (χ0) is 16.9. The van der Waals surface area contributed by atoms with Crippen LogP contribution in [0.25, 0.3) is 0 Å². The van der Waals surface area contributed by atoms with Crippen LogP contribution in [0.4, 0.5) is 0 Å². The lowest BCUT2D eigenvalue weighted by Gasteiger charge is -2.27. The summed E-state index contributed by atoms with van der Waals surface area (Å²) >= 11 is 0. The fourth-order valence-electron chi connectivity index (χ4n) is 2.96. The molecule has 1 aliphatic carbocycles. The Balaban J connectivity index is 2.00. The van der Waals surface area contributed by atoms with Crippen molar-refractivity contribution >= 4 is 15.7 Å². The van der Waals surface area contributed by atoms with Crippen molar-refractivity contribution < 1.29 is 17.9 Å². The number of hydrogen-bond donors (Lipinski definition) is 1. The minimum Gasteiger partial charge on any atom is -0.384 e. The fraction of sp³-hybridized carbons (Fsp3) is 0.588. The average molecular weight is 339 g/mol. The van der Waals surface area contributed by atoms with Crippen LogP contribution in [-0.2, 0) is 14.6 Å². The van der Waals surface area contributed by atoms with Crippen LogP contribution in [0.3, 0.4) is 0 Å². The van der Waals surface area contributed by atoms with E-state index >= 15 is 0 Å². The summed E-state index contributed by atoms with van der Waals surface area (Å²) in [5.74, 6) is 0.446. The van der Waals surface area contributed by atoms with Crippen molar-refractivity contribution in [3.05, 3.63) is 29.8 Å². The highest BCUT2D eigenvalue weighted by atomic mass is 32.2. The van der Waals surface area contributed by atoms with E-state index in [0.717, 1.165) is 19.3 Å². The van der Waals surface area contributed by atoms with E-state index in [9.17, 15) is 13.2 Å². The second kappa shape index (κ2) is 7.93. The number of ether oxygens (including phenoxy) is 1. The second-order valence-corrected chi connectivity index (χ2v) is 8.39. The van der Waals surface area contributed by atoms with Crippen molar-refractivity contribution in [2.45, 2.75) is 43.5 Å². The zero-order valence-corrected chi connectivity index (χ0v) is 14.6. The average Bonchev–Trinajstić information content (AvgIpc) is 2.53. The fourth-order valence-corrected chi connectivity index (χ4v) is 4.13. The Morgan fingerprint density at radius 1 is 1.26 bits per heavy atom. The predicted octanol–water partition coefficient (Wildman–Crippen LogP) is 2.42. The van der Waals surface area contributed by atoms with E-state index in [0.29, 0.717) is 11.5 Å². The van der Waals surface area contributed by atoms with Crippen LogP contribution in [0.15, 0.2) is 29.2 Å². The molecular formula is C17H25NO4S. The largest absolute Gasteiger partial charge is 0.384 e. The van der Waals surface area contributed by atoms with E-state index in [1.165, 1.54) is 25.7 Å². The van der Waals surface area contributed by atoms with Gasteiger partial charge in [0.2, 0.25) is 0 Å². The molecule has 5 nitrogen and oxygen atoms in total. The Morgan fingerprint density at radius 3 is 2.57 bits per heavy atom. The number of methoxy groups -OCH3 is 1. The molecule has 1 amide bonds. The summed E-state index contributed by atoms with van der Waals surface area (Å²) in [6, 6.07) is 6.34. The molecule has 128 valence electrons. The molecule has 0 saturated heterocycles. The van der Waals surface area contributed by atoms with Gasteiger partial charge in [0, 0.05) is 18.7 Å². The number of amides is 1. The third-order valence-electron chi connectivity index (χ3n) is 4.30. The van der Waals surface area contributed by atoms with Gasteiger partial charge in [0.25, 0.3) is 5.91 Å². The van der Waals surface area contributed by atoms with Crippen LogP contribution in [-0.4, -0.2) is 39.8 Å². The molecule has 1 fully saturated rings. The quantitative estimate of drug-likeness (QED) is 0.864. The van der Waals surface area contributed by atoms with Gasteiger partial charge in [0.1, 0.15) is 0 Å². The van der Waals surface area contributed by atoms with Crippen LogP contribution in [0, 0.1) is 5.92 Å². The van der Waals surface area contributed by atoms with Gasteiger partial charge in [-0.1, -0.05) is 19.8 Å². The molecule has 1 N–H and O–H groups in total. The summed E-state index contributed by atoms with van der Waals surface area (Å²) in [5, 5.41) is 3.05. The smallest absolute Gasteiger partial charge is 0.251 e. The van der Waals surface area contributed by atoms with Crippen molar-refractivity contribution in [1.29, 1.82) is 0 Å². The van der Waals surface area contributed by atoms with Crippen molar-refractivity contribution in [2.75, 3.05) is 19.5 Å². The van der Waals surface area contributed by atoms with Gasteiger partial charge < -0.3 is 10.1 Å². The van der Waals surface area contributed by atoms with Crippen molar-refractivity contribution in [3.63, 3.8) is 0 Å². The summed E-state index contributed by atoms with van der Waals surface area (Å²) in [7, 11) is -1.89. The number of carbonyl (C=O) groups excluding carboxylic acids is 1. The first-order valence-electron chi connectivity index (χ1n) is 8.05.